The molecule has 3 nitrogen and oxygen atoms in total. The van der Waals surface area contributed by atoms with E-state index >= 15 is 0 Å². The lowest BCUT2D eigenvalue weighted by Crippen LogP contribution is -2.07. The van der Waals surface area contributed by atoms with Gasteiger partial charge in [0.1, 0.15) is 11.6 Å². The Balaban J connectivity index is 2.06. The molecule has 0 aliphatic rings. The van der Waals surface area contributed by atoms with Crippen LogP contribution >= 0.6 is 11.3 Å². The standard InChI is InChI=1S/C14H19N3S/c1-4-15-13-6-5-7-14(17-13)16-11(3)12-9-8-10(2)18-12/h5-9,11H,4H2,1-3H3,(H2,15,16,17). The van der Waals surface area contributed by atoms with Crippen LogP contribution in [0.3, 0.4) is 0 Å². The Morgan fingerprint density at radius 2 is 2.00 bits per heavy atom. The number of aryl methyl sites for hydroxylation is 1. The van der Waals surface area contributed by atoms with Crippen LogP contribution in [0.25, 0.3) is 0 Å². The molecule has 18 heavy (non-hydrogen) atoms. The topological polar surface area (TPSA) is 37.0 Å². The third kappa shape index (κ3) is 3.23. The molecule has 2 rings (SSSR count). The Kier molecular flexibility index (Phi) is 4.20. The van der Waals surface area contributed by atoms with E-state index in [9.17, 15) is 0 Å². The Bertz CT molecular complexity index is 507. The van der Waals surface area contributed by atoms with Gasteiger partial charge in [-0.05, 0) is 45.0 Å². The van der Waals surface area contributed by atoms with E-state index in [0.29, 0.717) is 0 Å². The average molecular weight is 261 g/mol. The average Bonchev–Trinajstić information content (AvgIpc) is 2.77. The minimum Gasteiger partial charge on any atom is -0.370 e. The van der Waals surface area contributed by atoms with Crippen molar-refractivity contribution in [1.82, 2.24) is 4.98 Å². The molecule has 1 unspecified atom stereocenters. The molecule has 0 aromatic carbocycles. The summed E-state index contributed by atoms with van der Waals surface area (Å²) in [5, 5.41) is 6.65. The largest absolute Gasteiger partial charge is 0.370 e. The molecule has 1 atom stereocenters. The van der Waals surface area contributed by atoms with E-state index in [0.717, 1.165) is 18.2 Å². The first-order chi connectivity index (χ1) is 8.69. The fourth-order valence-corrected chi connectivity index (χ4v) is 2.65. The van der Waals surface area contributed by atoms with Gasteiger partial charge in [0.25, 0.3) is 0 Å². The van der Waals surface area contributed by atoms with Gasteiger partial charge in [-0.3, -0.25) is 0 Å². The molecule has 0 saturated carbocycles. The molecule has 0 fully saturated rings. The number of hydrogen-bond donors (Lipinski definition) is 2. The maximum atomic E-state index is 4.52. The summed E-state index contributed by atoms with van der Waals surface area (Å²) in [6.45, 7) is 7.24. The molecule has 0 bridgehead atoms. The number of hydrogen-bond acceptors (Lipinski definition) is 4. The SMILES string of the molecule is CCNc1cccc(NC(C)c2ccc(C)s2)n1. The summed E-state index contributed by atoms with van der Waals surface area (Å²) in [5.41, 5.74) is 0. The lowest BCUT2D eigenvalue weighted by atomic mass is 10.2. The molecule has 0 saturated heterocycles. The maximum absolute atomic E-state index is 4.52. The summed E-state index contributed by atoms with van der Waals surface area (Å²) >= 11 is 1.82. The fraction of sp³-hybridized carbons (Fsp3) is 0.357. The molecule has 2 aromatic rings. The quantitative estimate of drug-likeness (QED) is 0.852. The number of nitrogens with zero attached hydrogens (tertiary/aromatic N) is 1. The van der Waals surface area contributed by atoms with Gasteiger partial charge in [-0.1, -0.05) is 6.07 Å². The molecule has 0 spiro atoms. The smallest absolute Gasteiger partial charge is 0.128 e. The molecular weight excluding hydrogens is 242 g/mol. The van der Waals surface area contributed by atoms with Crippen LogP contribution in [0.15, 0.2) is 30.3 Å². The predicted molar refractivity (Wildman–Crippen MR) is 79.5 cm³/mol. The number of pyridine rings is 1. The van der Waals surface area contributed by atoms with Crippen LogP contribution in [0, 0.1) is 6.92 Å². The van der Waals surface area contributed by atoms with Crippen molar-refractivity contribution in [2.45, 2.75) is 26.8 Å². The molecule has 96 valence electrons. The van der Waals surface area contributed by atoms with Gasteiger partial charge >= 0.3 is 0 Å². The first-order valence-corrected chi connectivity index (χ1v) is 7.04. The highest BCUT2D eigenvalue weighted by Gasteiger charge is 2.08. The summed E-state index contributed by atoms with van der Waals surface area (Å²) in [6, 6.07) is 10.6. The van der Waals surface area contributed by atoms with Crippen molar-refractivity contribution in [1.29, 1.82) is 0 Å². The van der Waals surface area contributed by atoms with Crippen LogP contribution in [0.1, 0.15) is 29.6 Å². The molecule has 4 heteroatoms. The summed E-state index contributed by atoms with van der Waals surface area (Å²) in [7, 11) is 0. The Labute approximate surface area is 112 Å². The minimum absolute atomic E-state index is 0.285. The van der Waals surface area contributed by atoms with Crippen LogP contribution < -0.4 is 10.6 Å². The molecule has 0 aliphatic carbocycles. The molecule has 0 amide bonds. The van der Waals surface area contributed by atoms with Crippen LogP contribution in [0.4, 0.5) is 11.6 Å². The van der Waals surface area contributed by atoms with Crippen molar-refractivity contribution in [3.05, 3.63) is 40.1 Å². The lowest BCUT2D eigenvalue weighted by Gasteiger charge is -2.13. The van der Waals surface area contributed by atoms with Crippen molar-refractivity contribution >= 4 is 23.0 Å². The summed E-state index contributed by atoms with van der Waals surface area (Å²) in [6.07, 6.45) is 0. The van der Waals surface area contributed by atoms with E-state index in [4.69, 9.17) is 0 Å². The second kappa shape index (κ2) is 5.87. The Morgan fingerprint density at radius 3 is 2.67 bits per heavy atom. The fourth-order valence-electron chi connectivity index (χ4n) is 1.77. The van der Waals surface area contributed by atoms with Gasteiger partial charge in [-0.2, -0.15) is 0 Å². The third-order valence-corrected chi connectivity index (χ3v) is 3.84. The number of thiophene rings is 1. The predicted octanol–water partition coefficient (Wildman–Crippen LogP) is 4.06. The number of nitrogens with one attached hydrogen (secondary N) is 2. The van der Waals surface area contributed by atoms with Gasteiger partial charge in [-0.25, -0.2) is 4.98 Å². The molecule has 2 N–H and O–H groups in total. The summed E-state index contributed by atoms with van der Waals surface area (Å²) < 4.78 is 0. The first-order valence-electron chi connectivity index (χ1n) is 6.23. The molecule has 0 radical (unpaired) electrons. The van der Waals surface area contributed by atoms with Crippen LogP contribution in [0.2, 0.25) is 0 Å². The number of anilines is 2. The van der Waals surface area contributed by atoms with Crippen molar-refractivity contribution < 1.29 is 0 Å². The number of rotatable bonds is 5. The van der Waals surface area contributed by atoms with E-state index in [1.807, 2.05) is 29.5 Å². The first kappa shape index (κ1) is 12.9. The maximum Gasteiger partial charge on any atom is 0.128 e. The van der Waals surface area contributed by atoms with Gasteiger partial charge in [-0.15, -0.1) is 11.3 Å². The molecule has 2 heterocycles. The normalized spacial score (nSPS) is 12.2. The van der Waals surface area contributed by atoms with Crippen molar-refractivity contribution in [2.24, 2.45) is 0 Å². The van der Waals surface area contributed by atoms with Gasteiger partial charge < -0.3 is 10.6 Å². The van der Waals surface area contributed by atoms with Crippen LogP contribution in [-0.4, -0.2) is 11.5 Å². The van der Waals surface area contributed by atoms with Gasteiger partial charge in [0.15, 0.2) is 0 Å². The van der Waals surface area contributed by atoms with E-state index in [2.05, 4.69) is 48.5 Å². The van der Waals surface area contributed by atoms with E-state index in [-0.39, 0.29) is 6.04 Å². The summed E-state index contributed by atoms with van der Waals surface area (Å²) in [4.78, 5) is 7.19. The zero-order valence-electron chi connectivity index (χ0n) is 11.0. The second-order valence-corrected chi connectivity index (χ2v) is 5.57. The number of aromatic nitrogens is 1. The molecule has 2 aromatic heterocycles. The van der Waals surface area contributed by atoms with Crippen molar-refractivity contribution in [2.75, 3.05) is 17.2 Å². The molecular formula is C14H19N3S. The monoisotopic (exact) mass is 261 g/mol. The zero-order chi connectivity index (χ0) is 13.0. The van der Waals surface area contributed by atoms with E-state index < -0.39 is 0 Å². The minimum atomic E-state index is 0.285. The van der Waals surface area contributed by atoms with Gasteiger partial charge in [0.05, 0.1) is 6.04 Å². The highest BCUT2D eigenvalue weighted by Crippen LogP contribution is 2.25. The van der Waals surface area contributed by atoms with Gasteiger partial charge in [0.2, 0.25) is 0 Å². The van der Waals surface area contributed by atoms with E-state index in [1.165, 1.54) is 9.75 Å². The lowest BCUT2D eigenvalue weighted by molar-refractivity contribution is 0.896. The second-order valence-electron chi connectivity index (χ2n) is 4.25. The third-order valence-electron chi connectivity index (χ3n) is 2.66. The molecule has 0 aliphatic heterocycles. The van der Waals surface area contributed by atoms with Crippen LogP contribution in [0.5, 0.6) is 0 Å². The Hall–Kier alpha value is -1.55. The van der Waals surface area contributed by atoms with E-state index in [1.54, 1.807) is 0 Å². The van der Waals surface area contributed by atoms with Gasteiger partial charge in [0, 0.05) is 16.3 Å². The van der Waals surface area contributed by atoms with Crippen molar-refractivity contribution in [3.63, 3.8) is 0 Å². The highest BCUT2D eigenvalue weighted by molar-refractivity contribution is 7.12. The summed E-state index contributed by atoms with van der Waals surface area (Å²) in [5.74, 6) is 1.82. The zero-order valence-corrected chi connectivity index (χ0v) is 11.8. The van der Waals surface area contributed by atoms with Crippen LogP contribution in [-0.2, 0) is 0 Å². The van der Waals surface area contributed by atoms with Crippen molar-refractivity contribution in [3.8, 4) is 0 Å². The highest BCUT2D eigenvalue weighted by atomic mass is 32.1. The Morgan fingerprint density at radius 1 is 1.22 bits per heavy atom.